The van der Waals surface area contributed by atoms with Crippen LogP contribution in [0.3, 0.4) is 0 Å². The van der Waals surface area contributed by atoms with Crippen LogP contribution in [0.5, 0.6) is 11.5 Å². The highest BCUT2D eigenvalue weighted by Gasteiger charge is 2.37. The van der Waals surface area contributed by atoms with Crippen molar-refractivity contribution in [1.82, 2.24) is 9.80 Å². The molecule has 0 aliphatic carbocycles. The average Bonchev–Trinajstić information content (AvgIpc) is 3.15. The highest BCUT2D eigenvalue weighted by molar-refractivity contribution is 14.1. The minimum atomic E-state index is -1.02. The normalized spacial score (nSPS) is 16.9. The number of likely N-dealkylation sites (tertiary alicyclic amines) is 1. The first-order valence-electron chi connectivity index (χ1n) is 11.6. The SMILES string of the molecule is COc1cc(/C=C2\SC(=O)N(CC(=O)N3CCCCC3)C2=O)cc(I)c1OCc1cccc(C(=O)O)c1. The van der Waals surface area contributed by atoms with Gasteiger partial charge in [0.2, 0.25) is 5.91 Å². The molecule has 0 aromatic heterocycles. The van der Waals surface area contributed by atoms with Crippen LogP contribution in [0, 0.1) is 3.57 Å². The molecule has 11 heteroatoms. The quantitative estimate of drug-likeness (QED) is 0.330. The summed E-state index contributed by atoms with van der Waals surface area (Å²) in [5, 5.41) is 8.72. The molecule has 2 aromatic rings. The Kier molecular flexibility index (Phi) is 8.75. The number of methoxy groups -OCH3 is 1. The predicted octanol–water partition coefficient (Wildman–Crippen LogP) is 4.63. The van der Waals surface area contributed by atoms with Crippen molar-refractivity contribution in [3.63, 3.8) is 0 Å². The van der Waals surface area contributed by atoms with Gasteiger partial charge in [-0.2, -0.15) is 0 Å². The summed E-state index contributed by atoms with van der Waals surface area (Å²) in [6.45, 7) is 1.19. The number of carbonyl (C=O) groups is 4. The summed E-state index contributed by atoms with van der Waals surface area (Å²) >= 11 is 2.89. The number of carbonyl (C=O) groups excluding carboxylic acids is 3. The molecule has 0 spiro atoms. The molecule has 1 N–H and O–H groups in total. The van der Waals surface area contributed by atoms with Crippen LogP contribution in [0.25, 0.3) is 6.08 Å². The monoisotopic (exact) mass is 636 g/mol. The highest BCUT2D eigenvalue weighted by atomic mass is 127. The minimum absolute atomic E-state index is 0.136. The van der Waals surface area contributed by atoms with Gasteiger partial charge in [0, 0.05) is 13.1 Å². The molecule has 2 aliphatic rings. The molecule has 0 radical (unpaired) electrons. The lowest BCUT2D eigenvalue weighted by molar-refractivity contribution is -0.136. The molecule has 0 unspecified atom stereocenters. The largest absolute Gasteiger partial charge is 0.493 e. The fourth-order valence-corrected chi connectivity index (χ4v) is 5.70. The summed E-state index contributed by atoms with van der Waals surface area (Å²) in [5.74, 6) is -0.824. The Morgan fingerprint density at radius 1 is 1.14 bits per heavy atom. The van der Waals surface area contributed by atoms with Crippen LogP contribution < -0.4 is 9.47 Å². The third-order valence-corrected chi connectivity index (χ3v) is 7.69. The second-order valence-electron chi connectivity index (χ2n) is 8.54. The van der Waals surface area contributed by atoms with Gasteiger partial charge in [0.05, 0.1) is 21.1 Å². The fourth-order valence-electron chi connectivity index (χ4n) is 4.08. The van der Waals surface area contributed by atoms with Gasteiger partial charge in [-0.15, -0.1) is 0 Å². The Balaban J connectivity index is 1.48. The maximum Gasteiger partial charge on any atom is 0.335 e. The molecule has 2 saturated heterocycles. The van der Waals surface area contributed by atoms with Crippen molar-refractivity contribution in [3.05, 3.63) is 61.6 Å². The van der Waals surface area contributed by atoms with E-state index in [0.717, 1.165) is 35.9 Å². The smallest absolute Gasteiger partial charge is 0.335 e. The van der Waals surface area contributed by atoms with Crippen molar-refractivity contribution < 1.29 is 33.8 Å². The summed E-state index contributed by atoms with van der Waals surface area (Å²) in [6.07, 6.45) is 4.55. The first-order chi connectivity index (χ1) is 17.8. The zero-order valence-corrected chi connectivity index (χ0v) is 23.0. The molecular weight excluding hydrogens is 611 g/mol. The van der Waals surface area contributed by atoms with Crippen LogP contribution in [-0.4, -0.2) is 64.7 Å². The van der Waals surface area contributed by atoms with Gasteiger partial charge in [-0.3, -0.25) is 19.3 Å². The summed E-state index contributed by atoms with van der Waals surface area (Å²) in [7, 11) is 1.49. The number of carboxylic acid groups (broad SMARTS) is 1. The van der Waals surface area contributed by atoms with Crippen molar-refractivity contribution in [2.75, 3.05) is 26.7 Å². The lowest BCUT2D eigenvalue weighted by Crippen LogP contribution is -2.44. The number of amides is 3. The number of piperidine rings is 1. The number of nitrogens with zero attached hydrogens (tertiary/aromatic N) is 2. The number of hydrogen-bond acceptors (Lipinski definition) is 7. The van der Waals surface area contributed by atoms with Gasteiger partial charge in [0.25, 0.3) is 11.1 Å². The Labute approximate surface area is 231 Å². The number of halogens is 1. The number of aromatic carboxylic acids is 1. The molecule has 0 bridgehead atoms. The van der Waals surface area contributed by atoms with Gasteiger partial charge in [-0.1, -0.05) is 12.1 Å². The number of benzene rings is 2. The van der Waals surface area contributed by atoms with Crippen LogP contribution in [0.2, 0.25) is 0 Å². The number of hydrogen-bond donors (Lipinski definition) is 1. The molecule has 4 rings (SSSR count). The summed E-state index contributed by atoms with van der Waals surface area (Å²) in [5.41, 5.74) is 1.49. The molecule has 2 heterocycles. The van der Waals surface area contributed by atoms with Gasteiger partial charge in [-0.25, -0.2) is 4.79 Å². The van der Waals surface area contributed by atoms with E-state index in [0.29, 0.717) is 39.3 Å². The van der Waals surface area contributed by atoms with Crippen LogP contribution in [0.4, 0.5) is 4.79 Å². The lowest BCUT2D eigenvalue weighted by atomic mass is 10.1. The summed E-state index contributed by atoms with van der Waals surface area (Å²) < 4.78 is 12.1. The summed E-state index contributed by atoms with van der Waals surface area (Å²) in [6, 6.07) is 9.96. The molecule has 194 valence electrons. The second-order valence-corrected chi connectivity index (χ2v) is 10.7. The zero-order valence-electron chi connectivity index (χ0n) is 20.1. The fraction of sp³-hybridized carbons (Fsp3) is 0.308. The molecule has 2 aromatic carbocycles. The number of ether oxygens (including phenoxy) is 2. The van der Waals surface area contributed by atoms with Gasteiger partial charge < -0.3 is 19.5 Å². The van der Waals surface area contributed by atoms with Gasteiger partial charge in [-0.05, 0) is 95.1 Å². The molecule has 2 aliphatic heterocycles. The topological polar surface area (TPSA) is 113 Å². The number of thioether (sulfide) groups is 1. The zero-order chi connectivity index (χ0) is 26.5. The third-order valence-electron chi connectivity index (χ3n) is 5.98. The standard InChI is InChI=1S/C26H25IN2O7S/c1-35-20-12-17(11-19(27)23(20)36-15-16-6-5-7-18(10-16)25(32)33)13-21-24(31)29(26(34)37-21)14-22(30)28-8-3-2-4-9-28/h5-7,10-13H,2-4,8-9,14-15H2,1H3,(H,32,33)/b21-13-. The van der Waals surface area contributed by atoms with E-state index in [1.807, 2.05) is 0 Å². The van der Waals surface area contributed by atoms with Crippen molar-refractivity contribution in [2.45, 2.75) is 25.9 Å². The maximum absolute atomic E-state index is 12.9. The first-order valence-corrected chi connectivity index (χ1v) is 13.5. The van der Waals surface area contributed by atoms with E-state index < -0.39 is 17.1 Å². The van der Waals surface area contributed by atoms with E-state index in [1.54, 1.807) is 41.3 Å². The molecule has 3 amide bonds. The number of carboxylic acids is 1. The molecule has 0 saturated carbocycles. The average molecular weight is 636 g/mol. The lowest BCUT2D eigenvalue weighted by Gasteiger charge is -2.27. The van der Waals surface area contributed by atoms with E-state index in [-0.39, 0.29) is 29.5 Å². The summed E-state index contributed by atoms with van der Waals surface area (Å²) in [4.78, 5) is 52.2. The molecule has 2 fully saturated rings. The van der Waals surface area contributed by atoms with Crippen molar-refractivity contribution in [2.24, 2.45) is 0 Å². The first kappa shape index (κ1) is 27.0. The molecule has 0 atom stereocenters. The number of imide groups is 1. The van der Waals surface area contributed by atoms with E-state index in [1.165, 1.54) is 13.2 Å². The Morgan fingerprint density at radius 3 is 2.59 bits per heavy atom. The highest BCUT2D eigenvalue weighted by Crippen LogP contribution is 2.37. The van der Waals surface area contributed by atoms with Crippen LogP contribution in [0.15, 0.2) is 41.3 Å². The second kappa shape index (κ2) is 12.0. The third kappa shape index (κ3) is 6.45. The van der Waals surface area contributed by atoms with Crippen molar-refractivity contribution in [1.29, 1.82) is 0 Å². The van der Waals surface area contributed by atoms with Gasteiger partial charge >= 0.3 is 5.97 Å². The van der Waals surface area contributed by atoms with Crippen LogP contribution >= 0.6 is 34.4 Å². The van der Waals surface area contributed by atoms with Crippen molar-refractivity contribution >= 4 is 63.5 Å². The Morgan fingerprint density at radius 2 is 1.89 bits per heavy atom. The van der Waals surface area contributed by atoms with E-state index in [2.05, 4.69) is 22.6 Å². The van der Waals surface area contributed by atoms with E-state index in [4.69, 9.17) is 9.47 Å². The predicted molar refractivity (Wildman–Crippen MR) is 147 cm³/mol. The van der Waals surface area contributed by atoms with E-state index >= 15 is 0 Å². The van der Waals surface area contributed by atoms with Crippen LogP contribution in [0.1, 0.15) is 40.7 Å². The maximum atomic E-state index is 12.9. The van der Waals surface area contributed by atoms with Gasteiger partial charge in [0.15, 0.2) is 11.5 Å². The minimum Gasteiger partial charge on any atom is -0.493 e. The van der Waals surface area contributed by atoms with Gasteiger partial charge in [0.1, 0.15) is 13.2 Å². The molecule has 37 heavy (non-hydrogen) atoms. The Bertz CT molecular complexity index is 1270. The molecule has 9 nitrogen and oxygen atoms in total. The Hall–Kier alpha value is -3.06. The van der Waals surface area contributed by atoms with E-state index in [9.17, 15) is 24.3 Å². The van der Waals surface area contributed by atoms with Crippen LogP contribution in [-0.2, 0) is 16.2 Å². The number of rotatable bonds is 8. The van der Waals surface area contributed by atoms with Crippen molar-refractivity contribution in [3.8, 4) is 11.5 Å². The molecular formula is C26H25IN2O7S.